The molecule has 0 spiro atoms. The van der Waals surface area contributed by atoms with Crippen molar-refractivity contribution in [2.45, 2.75) is 13.8 Å². The zero-order valence-corrected chi connectivity index (χ0v) is 19.9. The molecule has 0 aliphatic carbocycles. The van der Waals surface area contributed by atoms with E-state index in [9.17, 15) is 0 Å². The van der Waals surface area contributed by atoms with Crippen LogP contribution < -0.4 is 18.9 Å². The van der Waals surface area contributed by atoms with Crippen LogP contribution in [0.25, 0.3) is 0 Å². The Bertz CT molecular complexity index is 992. The van der Waals surface area contributed by atoms with Crippen molar-refractivity contribution in [3.05, 3.63) is 120 Å². The van der Waals surface area contributed by atoms with Gasteiger partial charge in [0.2, 0.25) is 0 Å². The minimum absolute atomic E-state index is 0.553. The fourth-order valence-corrected chi connectivity index (χ4v) is 3.08. The van der Waals surface area contributed by atoms with Crippen molar-refractivity contribution >= 4 is 0 Å². The van der Waals surface area contributed by atoms with Gasteiger partial charge in [-0.25, -0.2) is 0 Å². The van der Waals surface area contributed by atoms with Crippen LogP contribution in [-0.4, -0.2) is 26.4 Å². The molecule has 0 unspecified atom stereocenters. The van der Waals surface area contributed by atoms with Crippen LogP contribution in [0.4, 0.5) is 0 Å². The van der Waals surface area contributed by atoms with E-state index in [1.165, 1.54) is 11.1 Å². The molecule has 0 saturated carbocycles. The first kappa shape index (κ1) is 24.7. The Morgan fingerprint density at radius 3 is 1.06 bits per heavy atom. The van der Waals surface area contributed by atoms with Gasteiger partial charge in [-0.3, -0.25) is 0 Å². The van der Waals surface area contributed by atoms with Crippen LogP contribution in [0.1, 0.15) is 11.1 Å². The van der Waals surface area contributed by atoms with Crippen molar-refractivity contribution in [1.29, 1.82) is 0 Å². The summed E-state index contributed by atoms with van der Waals surface area (Å²) in [4.78, 5) is 0. The van der Waals surface area contributed by atoms with Gasteiger partial charge in [-0.05, 0) is 73.5 Å². The molecule has 0 atom stereocenters. The average molecular weight is 457 g/mol. The van der Waals surface area contributed by atoms with Crippen LogP contribution in [0.3, 0.4) is 0 Å². The highest BCUT2D eigenvalue weighted by molar-refractivity contribution is 5.28. The van der Waals surface area contributed by atoms with E-state index in [2.05, 4.69) is 26.0 Å². The molecule has 0 fully saturated rings. The predicted molar refractivity (Wildman–Crippen MR) is 137 cm³/mol. The summed E-state index contributed by atoms with van der Waals surface area (Å²) in [6.45, 7) is 6.32. The number of hydrogen-bond acceptors (Lipinski definition) is 4. The predicted octanol–water partition coefficient (Wildman–Crippen LogP) is 6.91. The molecule has 34 heavy (non-hydrogen) atoms. The van der Waals surface area contributed by atoms with E-state index >= 15 is 0 Å². The summed E-state index contributed by atoms with van der Waals surface area (Å²) in [6, 6.07) is 35.5. The highest BCUT2D eigenvalue weighted by atomic mass is 16.5. The summed E-state index contributed by atoms with van der Waals surface area (Å²) >= 11 is 0. The zero-order chi connectivity index (χ0) is 23.8. The summed E-state index contributed by atoms with van der Waals surface area (Å²) in [5.41, 5.74) is 2.40. The molecule has 0 saturated heterocycles. The number of benzene rings is 4. The van der Waals surface area contributed by atoms with Crippen LogP contribution in [0.5, 0.6) is 23.0 Å². The molecule has 0 aliphatic heterocycles. The third kappa shape index (κ3) is 9.70. The summed E-state index contributed by atoms with van der Waals surface area (Å²) in [5.74, 6) is 3.53. The van der Waals surface area contributed by atoms with Crippen molar-refractivity contribution < 1.29 is 18.9 Å². The third-order valence-corrected chi connectivity index (χ3v) is 4.71. The lowest BCUT2D eigenvalue weighted by atomic mass is 10.2. The van der Waals surface area contributed by atoms with Gasteiger partial charge in [0, 0.05) is 0 Å². The zero-order valence-electron chi connectivity index (χ0n) is 19.9. The first-order chi connectivity index (χ1) is 16.7. The largest absolute Gasteiger partial charge is 0.490 e. The molecular formula is C30H32O4. The van der Waals surface area contributed by atoms with Crippen molar-refractivity contribution in [1.82, 2.24) is 0 Å². The summed E-state index contributed by atoms with van der Waals surface area (Å²) in [5, 5.41) is 0. The molecule has 0 amide bonds. The van der Waals surface area contributed by atoms with Gasteiger partial charge >= 0.3 is 0 Å². The highest BCUT2D eigenvalue weighted by Gasteiger charge is 1.96. The Balaban J connectivity index is 0.000000192. The lowest BCUT2D eigenvalue weighted by molar-refractivity contribution is 0.217. The van der Waals surface area contributed by atoms with Crippen molar-refractivity contribution in [2.75, 3.05) is 26.4 Å². The molecule has 4 aromatic carbocycles. The Hall–Kier alpha value is -3.92. The van der Waals surface area contributed by atoms with Crippen molar-refractivity contribution in [3.8, 4) is 23.0 Å². The minimum Gasteiger partial charge on any atom is -0.490 e. The Labute approximate surface area is 202 Å². The normalized spacial score (nSPS) is 9.94. The first-order valence-electron chi connectivity index (χ1n) is 11.4. The molecule has 4 heteroatoms. The highest BCUT2D eigenvalue weighted by Crippen LogP contribution is 2.14. The molecule has 0 aromatic heterocycles. The second-order valence-corrected chi connectivity index (χ2v) is 7.65. The second kappa shape index (κ2) is 14.3. The van der Waals surface area contributed by atoms with E-state index in [0.29, 0.717) is 26.4 Å². The molecule has 4 aromatic rings. The maximum absolute atomic E-state index is 5.61. The molecule has 4 nitrogen and oxygen atoms in total. The van der Waals surface area contributed by atoms with Gasteiger partial charge in [0.25, 0.3) is 0 Å². The SMILES string of the molecule is Cc1cccc(OCCOc2cccc(C)c2)c1.c1ccc(OCCOc2ccccc2)cc1. The van der Waals surface area contributed by atoms with Crippen LogP contribution in [-0.2, 0) is 0 Å². The molecule has 0 aliphatic rings. The maximum Gasteiger partial charge on any atom is 0.122 e. The summed E-state index contributed by atoms with van der Waals surface area (Å²) in [7, 11) is 0. The van der Waals surface area contributed by atoms with E-state index in [1.807, 2.05) is 97.1 Å². The van der Waals surface area contributed by atoms with E-state index in [-0.39, 0.29) is 0 Å². The standard InChI is InChI=1S/C16H18O2.C14H14O2/c1-13-5-3-7-15(11-13)17-9-10-18-16-8-4-6-14(2)12-16;1-3-7-13(8-4-1)15-11-12-16-14-9-5-2-6-10-14/h3-8,11-12H,9-10H2,1-2H3;1-10H,11-12H2. The van der Waals surface area contributed by atoms with Gasteiger partial charge in [0.1, 0.15) is 49.4 Å². The smallest absolute Gasteiger partial charge is 0.122 e. The summed E-state index contributed by atoms with van der Waals surface area (Å²) in [6.07, 6.45) is 0. The van der Waals surface area contributed by atoms with Gasteiger partial charge in [0.05, 0.1) is 0 Å². The van der Waals surface area contributed by atoms with E-state index in [4.69, 9.17) is 18.9 Å². The fraction of sp³-hybridized carbons (Fsp3) is 0.200. The topological polar surface area (TPSA) is 36.9 Å². The van der Waals surface area contributed by atoms with Crippen LogP contribution in [0.15, 0.2) is 109 Å². The van der Waals surface area contributed by atoms with Crippen LogP contribution in [0, 0.1) is 13.8 Å². The average Bonchev–Trinajstić information content (AvgIpc) is 2.86. The lowest BCUT2D eigenvalue weighted by Crippen LogP contribution is -2.09. The number of ether oxygens (including phenoxy) is 4. The number of para-hydroxylation sites is 2. The molecule has 4 rings (SSSR count). The second-order valence-electron chi connectivity index (χ2n) is 7.65. The molecule has 0 N–H and O–H groups in total. The van der Waals surface area contributed by atoms with E-state index in [0.717, 1.165) is 23.0 Å². The monoisotopic (exact) mass is 456 g/mol. The molecular weight excluding hydrogens is 424 g/mol. The van der Waals surface area contributed by atoms with Gasteiger partial charge in [-0.2, -0.15) is 0 Å². The first-order valence-corrected chi connectivity index (χ1v) is 11.4. The van der Waals surface area contributed by atoms with Crippen molar-refractivity contribution in [3.63, 3.8) is 0 Å². The van der Waals surface area contributed by atoms with Gasteiger partial charge < -0.3 is 18.9 Å². The van der Waals surface area contributed by atoms with Gasteiger partial charge in [0.15, 0.2) is 0 Å². The van der Waals surface area contributed by atoms with E-state index in [1.54, 1.807) is 0 Å². The minimum atomic E-state index is 0.553. The molecule has 176 valence electrons. The van der Waals surface area contributed by atoms with E-state index < -0.39 is 0 Å². The van der Waals surface area contributed by atoms with Gasteiger partial charge in [-0.15, -0.1) is 0 Å². The third-order valence-electron chi connectivity index (χ3n) is 4.71. The van der Waals surface area contributed by atoms with Crippen LogP contribution >= 0.6 is 0 Å². The molecule has 0 radical (unpaired) electrons. The van der Waals surface area contributed by atoms with Crippen molar-refractivity contribution in [2.24, 2.45) is 0 Å². The number of aryl methyl sites for hydroxylation is 2. The summed E-state index contributed by atoms with van der Waals surface area (Å²) < 4.78 is 22.2. The Morgan fingerprint density at radius 1 is 0.382 bits per heavy atom. The number of hydrogen-bond donors (Lipinski definition) is 0. The lowest BCUT2D eigenvalue weighted by Gasteiger charge is -2.09. The Morgan fingerprint density at radius 2 is 0.706 bits per heavy atom. The molecule has 0 heterocycles. The van der Waals surface area contributed by atoms with Gasteiger partial charge in [-0.1, -0.05) is 60.7 Å². The number of rotatable bonds is 10. The molecule has 0 bridgehead atoms. The quantitative estimate of drug-likeness (QED) is 0.243. The van der Waals surface area contributed by atoms with Crippen LogP contribution in [0.2, 0.25) is 0 Å². The fourth-order valence-electron chi connectivity index (χ4n) is 3.08. The Kier molecular flexibility index (Phi) is 10.4. The maximum atomic E-state index is 5.61.